The van der Waals surface area contributed by atoms with Gasteiger partial charge in [-0.2, -0.15) is 0 Å². The molecule has 0 bridgehead atoms. The van der Waals surface area contributed by atoms with Crippen LogP contribution in [0.5, 0.6) is 0 Å². The summed E-state index contributed by atoms with van der Waals surface area (Å²) in [5.74, 6) is 0. The summed E-state index contributed by atoms with van der Waals surface area (Å²) in [5.41, 5.74) is 1.39. The van der Waals surface area contributed by atoms with Crippen LogP contribution in [0.25, 0.3) is 0 Å². The van der Waals surface area contributed by atoms with Gasteiger partial charge in [-0.15, -0.1) is 0 Å². The summed E-state index contributed by atoms with van der Waals surface area (Å²) < 4.78 is 5.34. The van der Waals surface area contributed by atoms with Crippen molar-refractivity contribution in [1.29, 1.82) is 0 Å². The molecule has 1 aromatic carbocycles. The van der Waals surface area contributed by atoms with E-state index < -0.39 is 0 Å². The van der Waals surface area contributed by atoms with Crippen LogP contribution in [0.15, 0.2) is 30.3 Å². The summed E-state index contributed by atoms with van der Waals surface area (Å²) in [6.07, 6.45) is 1.09. The summed E-state index contributed by atoms with van der Waals surface area (Å²) in [6, 6.07) is 11.2. The molecule has 0 aliphatic heterocycles. The lowest BCUT2D eigenvalue weighted by Gasteiger charge is -2.28. The SMILES string of the molecule is CCOCCCNCC(C)N(CC)Cc1ccccc1. The Morgan fingerprint density at radius 2 is 1.95 bits per heavy atom. The van der Waals surface area contributed by atoms with Gasteiger partial charge in [0.2, 0.25) is 0 Å². The van der Waals surface area contributed by atoms with Crippen LogP contribution in [0.1, 0.15) is 32.8 Å². The fourth-order valence-corrected chi connectivity index (χ4v) is 2.28. The molecule has 1 N–H and O–H groups in total. The molecule has 114 valence electrons. The zero-order valence-corrected chi connectivity index (χ0v) is 13.3. The van der Waals surface area contributed by atoms with Crippen LogP contribution in [0.3, 0.4) is 0 Å². The van der Waals surface area contributed by atoms with Crippen molar-refractivity contribution in [2.45, 2.75) is 39.8 Å². The van der Waals surface area contributed by atoms with Crippen LogP contribution in [0.4, 0.5) is 0 Å². The zero-order chi connectivity index (χ0) is 14.6. The van der Waals surface area contributed by atoms with E-state index in [4.69, 9.17) is 4.74 Å². The van der Waals surface area contributed by atoms with E-state index in [0.29, 0.717) is 6.04 Å². The van der Waals surface area contributed by atoms with Gasteiger partial charge in [0.25, 0.3) is 0 Å². The third kappa shape index (κ3) is 7.04. The average molecular weight is 278 g/mol. The first kappa shape index (κ1) is 17.2. The molecule has 0 radical (unpaired) electrons. The van der Waals surface area contributed by atoms with Crippen LogP contribution in [0, 0.1) is 0 Å². The number of benzene rings is 1. The highest BCUT2D eigenvalue weighted by molar-refractivity contribution is 5.14. The number of ether oxygens (including phenoxy) is 1. The van der Waals surface area contributed by atoms with Gasteiger partial charge >= 0.3 is 0 Å². The van der Waals surface area contributed by atoms with Gasteiger partial charge < -0.3 is 10.1 Å². The van der Waals surface area contributed by atoms with Crippen molar-refractivity contribution >= 4 is 0 Å². The summed E-state index contributed by atoms with van der Waals surface area (Å²) in [5, 5.41) is 3.52. The van der Waals surface area contributed by atoms with Gasteiger partial charge in [0.15, 0.2) is 0 Å². The van der Waals surface area contributed by atoms with E-state index in [-0.39, 0.29) is 0 Å². The van der Waals surface area contributed by atoms with Crippen LogP contribution >= 0.6 is 0 Å². The number of rotatable bonds is 11. The molecule has 0 aliphatic carbocycles. The summed E-state index contributed by atoms with van der Waals surface area (Å²) >= 11 is 0. The van der Waals surface area contributed by atoms with Gasteiger partial charge in [0.1, 0.15) is 0 Å². The van der Waals surface area contributed by atoms with E-state index in [1.807, 2.05) is 6.92 Å². The lowest BCUT2D eigenvalue weighted by atomic mass is 10.2. The van der Waals surface area contributed by atoms with Crippen molar-refractivity contribution in [3.8, 4) is 0 Å². The maximum atomic E-state index is 5.34. The van der Waals surface area contributed by atoms with Gasteiger partial charge in [0, 0.05) is 32.3 Å². The Balaban J connectivity index is 2.23. The number of nitrogens with zero attached hydrogens (tertiary/aromatic N) is 1. The molecule has 3 nitrogen and oxygen atoms in total. The molecule has 0 saturated carbocycles. The Kier molecular flexibility index (Phi) is 9.29. The van der Waals surface area contributed by atoms with Gasteiger partial charge in [-0.25, -0.2) is 0 Å². The molecule has 0 saturated heterocycles. The first-order valence-corrected chi connectivity index (χ1v) is 7.84. The summed E-state index contributed by atoms with van der Waals surface area (Å²) in [6.45, 7) is 12.4. The van der Waals surface area contributed by atoms with Crippen LogP contribution < -0.4 is 5.32 Å². The standard InChI is InChI=1S/C17H30N2O/c1-4-19(15-17-10-7-6-8-11-17)16(3)14-18-12-9-13-20-5-2/h6-8,10-11,16,18H,4-5,9,12-15H2,1-3H3. The van der Waals surface area contributed by atoms with Crippen molar-refractivity contribution in [1.82, 2.24) is 10.2 Å². The fourth-order valence-electron chi connectivity index (χ4n) is 2.28. The number of nitrogens with one attached hydrogen (secondary N) is 1. The smallest absolute Gasteiger partial charge is 0.0477 e. The minimum absolute atomic E-state index is 0.548. The molecule has 3 heteroatoms. The van der Waals surface area contributed by atoms with Gasteiger partial charge in [0.05, 0.1) is 0 Å². The van der Waals surface area contributed by atoms with Crippen LogP contribution in [0.2, 0.25) is 0 Å². The maximum Gasteiger partial charge on any atom is 0.0477 e. The second-order valence-electron chi connectivity index (χ2n) is 5.15. The quantitative estimate of drug-likeness (QED) is 0.630. The van der Waals surface area contributed by atoms with E-state index in [9.17, 15) is 0 Å². The summed E-state index contributed by atoms with van der Waals surface area (Å²) in [7, 11) is 0. The molecule has 0 aromatic heterocycles. The second kappa shape index (κ2) is 10.8. The van der Waals surface area contributed by atoms with Crippen LogP contribution in [-0.4, -0.2) is 43.8 Å². The Bertz CT molecular complexity index is 329. The van der Waals surface area contributed by atoms with E-state index >= 15 is 0 Å². The monoisotopic (exact) mass is 278 g/mol. The van der Waals surface area contributed by atoms with E-state index in [1.54, 1.807) is 0 Å². The van der Waals surface area contributed by atoms with Gasteiger partial charge in [-0.1, -0.05) is 37.3 Å². The Labute approximate surface area is 124 Å². The molecule has 0 spiro atoms. The van der Waals surface area contributed by atoms with Crippen molar-refractivity contribution in [3.05, 3.63) is 35.9 Å². The molecule has 1 atom stereocenters. The largest absolute Gasteiger partial charge is 0.382 e. The highest BCUT2D eigenvalue weighted by atomic mass is 16.5. The third-order valence-corrected chi connectivity index (χ3v) is 3.54. The van der Waals surface area contributed by atoms with Crippen molar-refractivity contribution in [3.63, 3.8) is 0 Å². The second-order valence-corrected chi connectivity index (χ2v) is 5.15. The first-order chi connectivity index (χ1) is 9.77. The Hall–Kier alpha value is -0.900. The molecule has 1 aromatic rings. The number of likely N-dealkylation sites (N-methyl/N-ethyl adjacent to an activating group) is 1. The Morgan fingerprint density at radius 3 is 2.60 bits per heavy atom. The molecule has 0 fully saturated rings. The minimum Gasteiger partial charge on any atom is -0.382 e. The lowest BCUT2D eigenvalue weighted by molar-refractivity contribution is 0.143. The van der Waals surface area contributed by atoms with Crippen molar-refractivity contribution in [2.24, 2.45) is 0 Å². The van der Waals surface area contributed by atoms with E-state index in [1.165, 1.54) is 5.56 Å². The molecule has 1 rings (SSSR count). The maximum absolute atomic E-state index is 5.34. The normalized spacial score (nSPS) is 12.8. The molecule has 1 unspecified atom stereocenters. The fraction of sp³-hybridized carbons (Fsp3) is 0.647. The predicted molar refractivity (Wildman–Crippen MR) is 86.0 cm³/mol. The van der Waals surface area contributed by atoms with Gasteiger partial charge in [-0.05, 0) is 38.9 Å². The average Bonchev–Trinajstić information content (AvgIpc) is 2.49. The molecule has 20 heavy (non-hydrogen) atoms. The molecular weight excluding hydrogens is 248 g/mol. The molecule has 0 aliphatic rings. The van der Waals surface area contributed by atoms with Crippen molar-refractivity contribution < 1.29 is 4.74 Å². The molecule has 0 amide bonds. The number of hydrogen-bond acceptors (Lipinski definition) is 3. The van der Waals surface area contributed by atoms with Gasteiger partial charge in [-0.3, -0.25) is 4.90 Å². The molecule has 0 heterocycles. The lowest BCUT2D eigenvalue weighted by Crippen LogP contribution is -2.40. The highest BCUT2D eigenvalue weighted by Gasteiger charge is 2.11. The summed E-state index contributed by atoms with van der Waals surface area (Å²) in [4.78, 5) is 2.50. The highest BCUT2D eigenvalue weighted by Crippen LogP contribution is 2.07. The third-order valence-electron chi connectivity index (χ3n) is 3.54. The topological polar surface area (TPSA) is 24.5 Å². The van der Waals surface area contributed by atoms with Crippen molar-refractivity contribution in [2.75, 3.05) is 32.8 Å². The molecular formula is C17H30N2O. The zero-order valence-electron chi connectivity index (χ0n) is 13.3. The predicted octanol–water partition coefficient (Wildman–Crippen LogP) is 2.91. The van der Waals surface area contributed by atoms with E-state index in [2.05, 4.69) is 54.4 Å². The number of hydrogen-bond donors (Lipinski definition) is 1. The van der Waals surface area contributed by atoms with Crippen LogP contribution in [-0.2, 0) is 11.3 Å². The Morgan fingerprint density at radius 1 is 1.20 bits per heavy atom. The first-order valence-electron chi connectivity index (χ1n) is 7.84. The minimum atomic E-state index is 0.548. The van der Waals surface area contributed by atoms with E-state index in [0.717, 1.165) is 45.8 Å².